The van der Waals surface area contributed by atoms with Crippen LogP contribution in [0.25, 0.3) is 11.0 Å². The predicted octanol–water partition coefficient (Wildman–Crippen LogP) is 2.16. The molecule has 140 valence electrons. The highest BCUT2D eigenvalue weighted by molar-refractivity contribution is 5.80. The first-order valence-electron chi connectivity index (χ1n) is 9.28. The Kier molecular flexibility index (Phi) is 5.18. The van der Waals surface area contributed by atoms with Crippen molar-refractivity contribution >= 4 is 22.9 Å². The minimum Gasteiger partial charge on any atom is -0.461 e. The van der Waals surface area contributed by atoms with Gasteiger partial charge in [0.15, 0.2) is 5.96 Å². The van der Waals surface area contributed by atoms with Crippen molar-refractivity contribution in [1.82, 2.24) is 20.2 Å². The van der Waals surface area contributed by atoms with Crippen LogP contribution in [0.1, 0.15) is 5.76 Å². The third-order valence-corrected chi connectivity index (χ3v) is 4.76. The Morgan fingerprint density at radius 3 is 2.63 bits per heavy atom. The van der Waals surface area contributed by atoms with E-state index in [1.54, 1.807) is 12.4 Å². The van der Waals surface area contributed by atoms with Gasteiger partial charge in [0, 0.05) is 64.0 Å². The number of hydrogen-bond acceptors (Lipinski definition) is 5. The molecule has 2 aromatic heterocycles. The quantitative estimate of drug-likeness (QED) is 0.565. The maximum Gasteiger partial charge on any atom is 0.225 e. The normalized spacial score (nSPS) is 15.4. The van der Waals surface area contributed by atoms with Crippen LogP contribution in [0.2, 0.25) is 0 Å². The Bertz CT molecular complexity index is 866. The number of aromatic nitrogens is 2. The summed E-state index contributed by atoms with van der Waals surface area (Å²) in [4.78, 5) is 17.6. The molecular weight excluding hydrogens is 340 g/mol. The van der Waals surface area contributed by atoms with Crippen molar-refractivity contribution in [1.29, 1.82) is 0 Å². The van der Waals surface area contributed by atoms with Gasteiger partial charge in [0.1, 0.15) is 11.3 Å². The average molecular weight is 364 g/mol. The fraction of sp³-hybridized carbons (Fsp3) is 0.350. The van der Waals surface area contributed by atoms with Crippen LogP contribution < -0.4 is 10.2 Å². The molecule has 1 fully saturated rings. The number of aliphatic imine (C=N–C) groups is 1. The molecule has 1 saturated heterocycles. The van der Waals surface area contributed by atoms with Gasteiger partial charge in [-0.1, -0.05) is 18.2 Å². The largest absolute Gasteiger partial charge is 0.461 e. The molecule has 1 N–H and O–H groups in total. The minimum absolute atomic E-state index is 0.786. The van der Waals surface area contributed by atoms with E-state index in [0.29, 0.717) is 0 Å². The number of guanidine groups is 1. The van der Waals surface area contributed by atoms with Crippen molar-refractivity contribution in [3.63, 3.8) is 0 Å². The van der Waals surface area contributed by atoms with E-state index in [1.165, 1.54) is 0 Å². The van der Waals surface area contributed by atoms with E-state index in [2.05, 4.69) is 42.2 Å². The van der Waals surface area contributed by atoms with E-state index in [-0.39, 0.29) is 0 Å². The van der Waals surface area contributed by atoms with Gasteiger partial charge in [-0.15, -0.1) is 0 Å². The van der Waals surface area contributed by atoms with Gasteiger partial charge >= 0.3 is 0 Å². The first kappa shape index (κ1) is 17.3. The molecule has 3 heterocycles. The summed E-state index contributed by atoms with van der Waals surface area (Å²) in [5.74, 6) is 2.72. The van der Waals surface area contributed by atoms with Crippen LogP contribution in [0, 0.1) is 0 Å². The zero-order chi connectivity index (χ0) is 18.5. The molecule has 1 aliphatic heterocycles. The van der Waals surface area contributed by atoms with Gasteiger partial charge in [0.05, 0.1) is 0 Å². The van der Waals surface area contributed by atoms with E-state index in [4.69, 9.17) is 4.42 Å². The third kappa shape index (κ3) is 4.02. The molecule has 0 bridgehead atoms. The number of furan rings is 1. The van der Waals surface area contributed by atoms with Gasteiger partial charge in [-0.3, -0.25) is 4.99 Å². The third-order valence-electron chi connectivity index (χ3n) is 4.76. The first-order valence-corrected chi connectivity index (χ1v) is 9.28. The van der Waals surface area contributed by atoms with Gasteiger partial charge in [-0.25, -0.2) is 9.97 Å². The van der Waals surface area contributed by atoms with E-state index in [0.717, 1.165) is 67.8 Å². The lowest BCUT2D eigenvalue weighted by Crippen LogP contribution is -2.53. The summed E-state index contributed by atoms with van der Waals surface area (Å²) in [7, 11) is 1.83. The molecule has 27 heavy (non-hydrogen) atoms. The second-order valence-corrected chi connectivity index (χ2v) is 6.50. The van der Waals surface area contributed by atoms with Crippen LogP contribution >= 0.6 is 0 Å². The van der Waals surface area contributed by atoms with Gasteiger partial charge in [0.25, 0.3) is 0 Å². The summed E-state index contributed by atoms with van der Waals surface area (Å²) in [6, 6.07) is 12.1. The molecule has 0 unspecified atom stereocenters. The summed E-state index contributed by atoms with van der Waals surface area (Å²) < 4.78 is 5.88. The molecule has 7 nitrogen and oxygen atoms in total. The molecule has 0 aliphatic carbocycles. The van der Waals surface area contributed by atoms with Crippen molar-refractivity contribution in [2.24, 2.45) is 4.99 Å². The number of fused-ring (bicyclic) bond motifs is 1. The highest BCUT2D eigenvalue weighted by atomic mass is 16.3. The molecule has 1 aromatic carbocycles. The average Bonchev–Trinajstić information content (AvgIpc) is 3.15. The van der Waals surface area contributed by atoms with Crippen LogP contribution in [0.4, 0.5) is 5.95 Å². The van der Waals surface area contributed by atoms with E-state index in [1.807, 2.05) is 31.3 Å². The molecule has 0 radical (unpaired) electrons. The SMILES string of the molecule is CN=C(NCCc1cc2ccccc2o1)N1CCN(c2ncccn2)CC1. The van der Waals surface area contributed by atoms with Crippen molar-refractivity contribution in [3.05, 3.63) is 54.6 Å². The second kappa shape index (κ2) is 8.07. The molecule has 4 rings (SSSR count). The Morgan fingerprint density at radius 2 is 1.89 bits per heavy atom. The Balaban J connectivity index is 1.28. The maximum atomic E-state index is 5.88. The van der Waals surface area contributed by atoms with Crippen molar-refractivity contribution in [2.45, 2.75) is 6.42 Å². The number of rotatable bonds is 4. The van der Waals surface area contributed by atoms with Gasteiger partial charge in [-0.2, -0.15) is 0 Å². The Labute approximate surface area is 158 Å². The zero-order valence-electron chi connectivity index (χ0n) is 15.5. The Morgan fingerprint density at radius 1 is 1.11 bits per heavy atom. The van der Waals surface area contributed by atoms with Crippen molar-refractivity contribution in [2.75, 3.05) is 44.7 Å². The fourth-order valence-electron chi connectivity index (χ4n) is 3.36. The number of benzene rings is 1. The lowest BCUT2D eigenvalue weighted by atomic mass is 10.2. The minimum atomic E-state index is 0.786. The summed E-state index contributed by atoms with van der Waals surface area (Å²) in [5.41, 5.74) is 0.941. The van der Waals surface area contributed by atoms with Gasteiger partial charge < -0.3 is 19.5 Å². The smallest absolute Gasteiger partial charge is 0.225 e. The summed E-state index contributed by atoms with van der Waals surface area (Å²) in [5, 5.41) is 4.60. The zero-order valence-corrected chi connectivity index (χ0v) is 15.5. The monoisotopic (exact) mass is 364 g/mol. The number of nitrogens with one attached hydrogen (secondary N) is 1. The number of hydrogen-bond donors (Lipinski definition) is 1. The van der Waals surface area contributed by atoms with E-state index >= 15 is 0 Å². The summed E-state index contributed by atoms with van der Waals surface area (Å²) in [6.07, 6.45) is 4.39. The van der Waals surface area contributed by atoms with Crippen LogP contribution in [-0.4, -0.2) is 60.6 Å². The fourth-order valence-corrected chi connectivity index (χ4v) is 3.36. The van der Waals surface area contributed by atoms with Gasteiger partial charge in [0.2, 0.25) is 5.95 Å². The molecule has 1 aliphatic rings. The molecule has 3 aromatic rings. The lowest BCUT2D eigenvalue weighted by molar-refractivity contribution is 0.370. The van der Waals surface area contributed by atoms with E-state index < -0.39 is 0 Å². The Hall–Kier alpha value is -3.09. The summed E-state index contributed by atoms with van der Waals surface area (Å²) in [6.45, 7) is 4.34. The van der Waals surface area contributed by atoms with Crippen LogP contribution in [0.5, 0.6) is 0 Å². The highest BCUT2D eigenvalue weighted by Crippen LogP contribution is 2.18. The number of piperazine rings is 1. The molecular formula is C20H24N6O. The first-order chi connectivity index (χ1) is 13.3. The summed E-state index contributed by atoms with van der Waals surface area (Å²) >= 11 is 0. The topological polar surface area (TPSA) is 69.8 Å². The molecule has 0 spiro atoms. The van der Waals surface area contributed by atoms with Gasteiger partial charge in [-0.05, 0) is 18.2 Å². The number of anilines is 1. The molecule has 0 amide bonds. The second-order valence-electron chi connectivity index (χ2n) is 6.50. The number of para-hydroxylation sites is 1. The molecule has 0 saturated carbocycles. The van der Waals surface area contributed by atoms with Crippen LogP contribution in [-0.2, 0) is 6.42 Å². The van der Waals surface area contributed by atoms with E-state index in [9.17, 15) is 0 Å². The predicted molar refractivity (Wildman–Crippen MR) is 107 cm³/mol. The lowest BCUT2D eigenvalue weighted by Gasteiger charge is -2.36. The van der Waals surface area contributed by atoms with Crippen LogP contribution in [0.15, 0.2) is 58.2 Å². The highest BCUT2D eigenvalue weighted by Gasteiger charge is 2.20. The number of nitrogens with zero attached hydrogens (tertiary/aromatic N) is 5. The van der Waals surface area contributed by atoms with Crippen molar-refractivity contribution in [3.8, 4) is 0 Å². The molecule has 0 atom stereocenters. The maximum absolute atomic E-state index is 5.88. The standard InChI is InChI=1S/C20H24N6O/c1-21-19(24-10-7-17-15-16-5-2-3-6-18(16)27-17)25-11-13-26(14-12-25)20-22-8-4-9-23-20/h2-6,8-9,15H,7,10-14H2,1H3,(H,21,24). The van der Waals surface area contributed by atoms with Crippen LogP contribution in [0.3, 0.4) is 0 Å². The molecule has 7 heteroatoms. The van der Waals surface area contributed by atoms with Crippen molar-refractivity contribution < 1.29 is 4.42 Å².